The molecular weight excluding hydrogens is 416 g/mol. The van der Waals surface area contributed by atoms with Crippen LogP contribution in [-0.2, 0) is 29.4 Å². The molecule has 1 aromatic heterocycles. The number of carbonyl (C=O) groups is 1. The van der Waals surface area contributed by atoms with Crippen molar-refractivity contribution in [1.29, 1.82) is 0 Å². The molecule has 1 heterocycles. The fourth-order valence-corrected chi connectivity index (χ4v) is 3.37. The molecule has 2 rings (SSSR count). The Hall–Kier alpha value is -2.70. The number of aryl methyl sites for hydroxylation is 1. The van der Waals surface area contributed by atoms with Gasteiger partial charge in [0.25, 0.3) is 15.9 Å². The molecule has 6 nitrogen and oxygen atoms in total. The average molecular weight is 429 g/mol. The number of aromatic nitrogens is 1. The third kappa shape index (κ3) is 4.58. The van der Waals surface area contributed by atoms with Gasteiger partial charge >= 0.3 is 12.4 Å². The molecule has 0 unspecified atom stereocenters. The Bertz CT molecular complexity index is 977. The second-order valence-corrected chi connectivity index (χ2v) is 7.33. The molecular formula is C15H13F6N3O3S. The minimum Gasteiger partial charge on any atom is -0.354 e. The lowest BCUT2D eigenvalue weighted by molar-refractivity contribution is -0.143. The predicted octanol–water partition coefficient (Wildman–Crippen LogP) is 3.22. The standard InChI is InChI=1S/C15H13F6N3O3S/c1-22-13(25)12-6-11(7-24(12)2)28(26,27)23-10-4-8(14(16,17)18)3-9(5-10)15(19,20)21/h3-7,23H,1-2H3,(H,22,25). The van der Waals surface area contributed by atoms with Crippen molar-refractivity contribution in [2.24, 2.45) is 7.05 Å². The number of rotatable bonds is 4. The van der Waals surface area contributed by atoms with Gasteiger partial charge in [-0.05, 0) is 24.3 Å². The highest BCUT2D eigenvalue weighted by molar-refractivity contribution is 7.92. The number of carbonyl (C=O) groups excluding carboxylic acids is 1. The Morgan fingerprint density at radius 3 is 1.89 bits per heavy atom. The van der Waals surface area contributed by atoms with Crippen LogP contribution < -0.4 is 10.0 Å². The summed E-state index contributed by atoms with van der Waals surface area (Å²) in [5.41, 5.74) is -4.34. The van der Waals surface area contributed by atoms with Gasteiger partial charge in [-0.2, -0.15) is 26.3 Å². The number of sulfonamides is 1. The predicted molar refractivity (Wildman–Crippen MR) is 86.1 cm³/mol. The smallest absolute Gasteiger partial charge is 0.354 e. The first-order valence-corrected chi connectivity index (χ1v) is 8.84. The van der Waals surface area contributed by atoms with Crippen molar-refractivity contribution in [3.63, 3.8) is 0 Å². The van der Waals surface area contributed by atoms with E-state index in [1.54, 1.807) is 4.72 Å². The molecule has 0 atom stereocenters. The highest BCUT2D eigenvalue weighted by Gasteiger charge is 2.37. The van der Waals surface area contributed by atoms with Crippen molar-refractivity contribution in [2.75, 3.05) is 11.8 Å². The van der Waals surface area contributed by atoms with E-state index < -0.39 is 50.0 Å². The molecule has 154 valence electrons. The fraction of sp³-hybridized carbons (Fsp3) is 0.267. The second kappa shape index (κ2) is 7.04. The van der Waals surface area contributed by atoms with E-state index in [1.807, 2.05) is 0 Å². The second-order valence-electron chi connectivity index (χ2n) is 5.65. The van der Waals surface area contributed by atoms with E-state index in [2.05, 4.69) is 5.32 Å². The van der Waals surface area contributed by atoms with Gasteiger partial charge in [0, 0.05) is 20.3 Å². The van der Waals surface area contributed by atoms with E-state index in [0.29, 0.717) is 0 Å². The molecule has 2 N–H and O–H groups in total. The van der Waals surface area contributed by atoms with E-state index in [-0.39, 0.29) is 23.9 Å². The first kappa shape index (κ1) is 21.6. The Labute approximate surface area is 155 Å². The van der Waals surface area contributed by atoms with Crippen molar-refractivity contribution in [1.82, 2.24) is 9.88 Å². The lowest BCUT2D eigenvalue weighted by Gasteiger charge is -2.15. The van der Waals surface area contributed by atoms with Crippen LogP contribution in [0.15, 0.2) is 35.4 Å². The van der Waals surface area contributed by atoms with Crippen LogP contribution in [0.1, 0.15) is 21.6 Å². The van der Waals surface area contributed by atoms with Gasteiger partial charge in [-0.3, -0.25) is 9.52 Å². The number of amides is 1. The van der Waals surface area contributed by atoms with Gasteiger partial charge in [-0.25, -0.2) is 8.42 Å². The lowest BCUT2D eigenvalue weighted by atomic mass is 10.1. The van der Waals surface area contributed by atoms with Crippen LogP contribution in [0.25, 0.3) is 0 Å². The highest BCUT2D eigenvalue weighted by atomic mass is 32.2. The van der Waals surface area contributed by atoms with Crippen LogP contribution in [0, 0.1) is 0 Å². The molecule has 0 spiro atoms. The van der Waals surface area contributed by atoms with Crippen molar-refractivity contribution >= 4 is 21.6 Å². The average Bonchev–Trinajstić information content (AvgIpc) is 2.94. The number of halogens is 6. The van der Waals surface area contributed by atoms with Gasteiger partial charge in [-0.1, -0.05) is 0 Å². The quantitative estimate of drug-likeness (QED) is 0.733. The number of hydrogen-bond donors (Lipinski definition) is 2. The Morgan fingerprint density at radius 2 is 1.46 bits per heavy atom. The van der Waals surface area contributed by atoms with Crippen molar-refractivity contribution in [3.05, 3.63) is 47.3 Å². The minimum absolute atomic E-state index is 0.0807. The van der Waals surface area contributed by atoms with Gasteiger partial charge in [-0.15, -0.1) is 0 Å². The van der Waals surface area contributed by atoms with Gasteiger partial charge in [0.15, 0.2) is 0 Å². The van der Waals surface area contributed by atoms with Gasteiger partial charge in [0.05, 0.1) is 16.8 Å². The zero-order chi connectivity index (χ0) is 21.5. The maximum atomic E-state index is 12.9. The van der Waals surface area contributed by atoms with Crippen LogP contribution in [0.5, 0.6) is 0 Å². The number of nitrogens with one attached hydrogen (secondary N) is 2. The third-order valence-corrected chi connectivity index (χ3v) is 4.94. The summed E-state index contributed by atoms with van der Waals surface area (Å²) in [6, 6.07) is 1.30. The molecule has 28 heavy (non-hydrogen) atoms. The summed E-state index contributed by atoms with van der Waals surface area (Å²) in [6.45, 7) is 0. The Morgan fingerprint density at radius 1 is 0.964 bits per heavy atom. The first-order chi connectivity index (χ1) is 12.6. The largest absolute Gasteiger partial charge is 0.416 e. The molecule has 13 heteroatoms. The topological polar surface area (TPSA) is 80.2 Å². The van der Waals surface area contributed by atoms with Crippen molar-refractivity contribution in [3.8, 4) is 0 Å². The summed E-state index contributed by atoms with van der Waals surface area (Å²) < 4.78 is 105. The van der Waals surface area contributed by atoms with E-state index in [1.165, 1.54) is 14.1 Å². The molecule has 0 aliphatic heterocycles. The zero-order valence-corrected chi connectivity index (χ0v) is 15.1. The van der Waals surface area contributed by atoms with Gasteiger partial charge in [0.1, 0.15) is 10.6 Å². The normalized spacial score (nSPS) is 12.7. The SMILES string of the molecule is CNC(=O)c1cc(S(=O)(=O)Nc2cc(C(F)(F)F)cc(C(F)(F)F)c2)cn1C. The van der Waals surface area contributed by atoms with Crippen LogP contribution in [-0.4, -0.2) is 25.9 Å². The molecule has 1 amide bonds. The summed E-state index contributed by atoms with van der Waals surface area (Å²) in [4.78, 5) is 11.1. The molecule has 0 bridgehead atoms. The van der Waals surface area contributed by atoms with E-state index in [0.717, 1.165) is 16.8 Å². The van der Waals surface area contributed by atoms with Crippen LogP contribution in [0.4, 0.5) is 32.0 Å². The molecule has 0 aliphatic rings. The number of anilines is 1. The maximum absolute atomic E-state index is 12.9. The molecule has 0 radical (unpaired) electrons. The third-order valence-electron chi connectivity index (χ3n) is 3.59. The van der Waals surface area contributed by atoms with Gasteiger partial charge in [0.2, 0.25) is 0 Å². The maximum Gasteiger partial charge on any atom is 0.416 e. The van der Waals surface area contributed by atoms with E-state index >= 15 is 0 Å². The van der Waals surface area contributed by atoms with E-state index in [4.69, 9.17) is 0 Å². The summed E-state index contributed by atoms with van der Waals surface area (Å²) in [6.07, 6.45) is -9.26. The lowest BCUT2D eigenvalue weighted by Crippen LogP contribution is -2.20. The molecule has 2 aromatic rings. The number of benzene rings is 1. The summed E-state index contributed by atoms with van der Waals surface area (Å²) in [7, 11) is -1.93. The molecule has 0 saturated carbocycles. The fourth-order valence-electron chi connectivity index (χ4n) is 2.26. The number of alkyl halides is 6. The monoisotopic (exact) mass is 429 g/mol. The van der Waals surface area contributed by atoms with Crippen LogP contribution in [0.2, 0.25) is 0 Å². The highest BCUT2D eigenvalue weighted by Crippen LogP contribution is 2.38. The summed E-state index contributed by atoms with van der Waals surface area (Å²) >= 11 is 0. The summed E-state index contributed by atoms with van der Waals surface area (Å²) in [5, 5.41) is 2.26. The van der Waals surface area contributed by atoms with Crippen LogP contribution >= 0.6 is 0 Å². The molecule has 0 fully saturated rings. The van der Waals surface area contributed by atoms with E-state index in [9.17, 15) is 39.6 Å². The Balaban J connectivity index is 2.50. The Kier molecular flexibility index (Phi) is 5.43. The van der Waals surface area contributed by atoms with Gasteiger partial charge < -0.3 is 9.88 Å². The number of nitrogens with zero attached hydrogens (tertiary/aromatic N) is 1. The van der Waals surface area contributed by atoms with Crippen molar-refractivity contribution in [2.45, 2.75) is 17.2 Å². The summed E-state index contributed by atoms with van der Waals surface area (Å²) in [5.74, 6) is -0.637. The first-order valence-electron chi connectivity index (χ1n) is 7.36. The molecule has 0 aliphatic carbocycles. The van der Waals surface area contributed by atoms with Crippen molar-refractivity contribution < 1.29 is 39.6 Å². The minimum atomic E-state index is -5.12. The number of hydrogen-bond acceptors (Lipinski definition) is 3. The molecule has 1 aromatic carbocycles. The zero-order valence-electron chi connectivity index (χ0n) is 14.2. The molecule has 0 saturated heterocycles. The van der Waals surface area contributed by atoms with Crippen LogP contribution in [0.3, 0.4) is 0 Å².